The van der Waals surface area contributed by atoms with Crippen LogP contribution in [0.1, 0.15) is 32.6 Å². The molecule has 0 saturated heterocycles. The van der Waals surface area contributed by atoms with Crippen molar-refractivity contribution >= 4 is 5.97 Å². The quantitative estimate of drug-likeness (QED) is 0.686. The molecule has 4 heteroatoms. The first-order chi connectivity index (χ1) is 8.72. The van der Waals surface area contributed by atoms with Crippen LogP contribution in [0, 0.1) is 0 Å². The zero-order valence-corrected chi connectivity index (χ0v) is 10.7. The van der Waals surface area contributed by atoms with Crippen molar-refractivity contribution in [1.29, 1.82) is 0 Å². The third kappa shape index (κ3) is 6.13. The van der Waals surface area contributed by atoms with Crippen molar-refractivity contribution in [2.24, 2.45) is 0 Å². The first-order valence-corrected chi connectivity index (χ1v) is 6.30. The molecule has 0 aliphatic rings. The van der Waals surface area contributed by atoms with Crippen molar-refractivity contribution in [2.75, 3.05) is 13.2 Å². The minimum atomic E-state index is -0.757. The van der Waals surface area contributed by atoms with Crippen molar-refractivity contribution in [3.63, 3.8) is 0 Å². The molecule has 0 bridgehead atoms. The van der Waals surface area contributed by atoms with E-state index in [0.29, 0.717) is 13.0 Å². The molecule has 100 valence electrons. The Kier molecular flexibility index (Phi) is 6.69. The highest BCUT2D eigenvalue weighted by atomic mass is 16.5. The van der Waals surface area contributed by atoms with Gasteiger partial charge in [0.15, 0.2) is 0 Å². The Labute approximate surface area is 108 Å². The number of carboxylic acid groups (broad SMARTS) is 1. The molecular formula is C14H20O4. The third-order valence-electron chi connectivity index (χ3n) is 2.35. The van der Waals surface area contributed by atoms with Crippen molar-refractivity contribution in [3.05, 3.63) is 24.3 Å². The highest BCUT2D eigenvalue weighted by molar-refractivity contribution is 5.66. The van der Waals surface area contributed by atoms with Crippen LogP contribution in [-0.2, 0) is 4.79 Å². The Balaban J connectivity index is 2.20. The van der Waals surface area contributed by atoms with Gasteiger partial charge in [0.2, 0.25) is 0 Å². The van der Waals surface area contributed by atoms with Gasteiger partial charge in [-0.25, -0.2) is 0 Å². The van der Waals surface area contributed by atoms with Gasteiger partial charge < -0.3 is 14.6 Å². The van der Waals surface area contributed by atoms with Crippen LogP contribution in [0.15, 0.2) is 24.3 Å². The van der Waals surface area contributed by atoms with Gasteiger partial charge in [-0.3, -0.25) is 4.79 Å². The van der Waals surface area contributed by atoms with Gasteiger partial charge >= 0.3 is 5.97 Å². The van der Waals surface area contributed by atoms with E-state index in [1.54, 1.807) is 0 Å². The minimum absolute atomic E-state index is 0.202. The fourth-order valence-corrected chi connectivity index (χ4v) is 1.42. The highest BCUT2D eigenvalue weighted by Gasteiger charge is 1.98. The summed E-state index contributed by atoms with van der Waals surface area (Å²) in [6.07, 6.45) is 2.59. The van der Waals surface area contributed by atoms with Crippen molar-refractivity contribution in [1.82, 2.24) is 0 Å². The molecule has 1 rings (SSSR count). The summed E-state index contributed by atoms with van der Waals surface area (Å²) in [6.45, 7) is 3.33. The van der Waals surface area contributed by atoms with Crippen LogP contribution in [0.5, 0.6) is 11.5 Å². The molecule has 0 aromatic heterocycles. The Bertz CT molecular complexity index is 345. The summed E-state index contributed by atoms with van der Waals surface area (Å²) in [6, 6.07) is 7.48. The smallest absolute Gasteiger partial charge is 0.303 e. The van der Waals surface area contributed by atoms with Gasteiger partial charge in [-0.2, -0.15) is 0 Å². The van der Waals surface area contributed by atoms with Crippen LogP contribution in [0.3, 0.4) is 0 Å². The van der Waals surface area contributed by atoms with Gasteiger partial charge in [0, 0.05) is 6.42 Å². The number of hydrogen-bond donors (Lipinski definition) is 1. The zero-order valence-electron chi connectivity index (χ0n) is 10.7. The fraction of sp³-hybridized carbons (Fsp3) is 0.500. The average Bonchev–Trinajstić information content (AvgIpc) is 2.37. The van der Waals surface area contributed by atoms with Gasteiger partial charge in [0.1, 0.15) is 11.5 Å². The topological polar surface area (TPSA) is 55.8 Å². The number of carboxylic acids is 1. The number of hydrogen-bond acceptors (Lipinski definition) is 3. The van der Waals surface area contributed by atoms with Gasteiger partial charge in [0.05, 0.1) is 13.2 Å². The second kappa shape index (κ2) is 8.39. The van der Waals surface area contributed by atoms with E-state index in [-0.39, 0.29) is 6.42 Å². The molecule has 0 heterocycles. The summed E-state index contributed by atoms with van der Waals surface area (Å²) in [4.78, 5) is 10.3. The molecular weight excluding hydrogens is 232 g/mol. The first kappa shape index (κ1) is 14.4. The molecule has 1 aromatic carbocycles. The summed E-state index contributed by atoms with van der Waals surface area (Å²) in [7, 11) is 0. The number of aliphatic carboxylic acids is 1. The van der Waals surface area contributed by atoms with E-state index in [9.17, 15) is 4.79 Å². The Morgan fingerprint density at radius 2 is 1.61 bits per heavy atom. The monoisotopic (exact) mass is 252 g/mol. The van der Waals surface area contributed by atoms with Crippen LogP contribution >= 0.6 is 0 Å². The van der Waals surface area contributed by atoms with Crippen molar-refractivity contribution in [2.45, 2.75) is 32.6 Å². The molecule has 0 radical (unpaired) electrons. The van der Waals surface area contributed by atoms with Gasteiger partial charge in [-0.1, -0.05) is 6.92 Å². The van der Waals surface area contributed by atoms with Gasteiger partial charge in [0.25, 0.3) is 0 Å². The largest absolute Gasteiger partial charge is 0.494 e. The molecule has 4 nitrogen and oxygen atoms in total. The summed E-state index contributed by atoms with van der Waals surface area (Å²) in [5, 5.41) is 8.48. The van der Waals surface area contributed by atoms with Crippen LogP contribution in [-0.4, -0.2) is 24.3 Å². The normalized spacial score (nSPS) is 10.1. The molecule has 0 aliphatic heterocycles. The SMILES string of the molecule is CCCOc1ccc(OCCCCC(=O)O)cc1. The molecule has 0 spiro atoms. The minimum Gasteiger partial charge on any atom is -0.494 e. The maximum Gasteiger partial charge on any atom is 0.303 e. The lowest BCUT2D eigenvalue weighted by Gasteiger charge is -2.07. The fourth-order valence-electron chi connectivity index (χ4n) is 1.42. The molecule has 1 N–H and O–H groups in total. The summed E-state index contributed by atoms with van der Waals surface area (Å²) in [5.41, 5.74) is 0. The molecule has 0 fully saturated rings. The molecule has 0 atom stereocenters. The second-order valence-electron chi connectivity index (χ2n) is 4.02. The van der Waals surface area contributed by atoms with Crippen molar-refractivity contribution < 1.29 is 19.4 Å². The lowest BCUT2D eigenvalue weighted by molar-refractivity contribution is -0.137. The molecule has 0 saturated carbocycles. The number of rotatable bonds is 9. The van der Waals surface area contributed by atoms with Crippen molar-refractivity contribution in [3.8, 4) is 11.5 Å². The first-order valence-electron chi connectivity index (χ1n) is 6.30. The summed E-state index contributed by atoms with van der Waals surface area (Å²) >= 11 is 0. The van der Waals surface area contributed by atoms with Crippen LogP contribution < -0.4 is 9.47 Å². The van der Waals surface area contributed by atoms with E-state index in [1.165, 1.54) is 0 Å². The predicted molar refractivity (Wildman–Crippen MR) is 69.2 cm³/mol. The molecule has 0 amide bonds. The van der Waals surface area contributed by atoms with Crippen LogP contribution in [0.25, 0.3) is 0 Å². The van der Waals surface area contributed by atoms with Crippen LogP contribution in [0.2, 0.25) is 0 Å². The number of carbonyl (C=O) groups is 1. The van der Waals surface area contributed by atoms with E-state index in [4.69, 9.17) is 14.6 Å². The zero-order chi connectivity index (χ0) is 13.2. The average molecular weight is 252 g/mol. The lowest BCUT2D eigenvalue weighted by atomic mass is 10.2. The van der Waals surface area contributed by atoms with Gasteiger partial charge in [-0.15, -0.1) is 0 Å². The lowest BCUT2D eigenvalue weighted by Crippen LogP contribution is -2.00. The van der Waals surface area contributed by atoms with E-state index in [1.807, 2.05) is 24.3 Å². The maximum atomic E-state index is 10.3. The number of unbranched alkanes of at least 4 members (excludes halogenated alkanes) is 1. The molecule has 18 heavy (non-hydrogen) atoms. The van der Waals surface area contributed by atoms with Gasteiger partial charge in [-0.05, 0) is 43.5 Å². The molecule has 0 unspecified atom stereocenters. The van der Waals surface area contributed by atoms with Crippen LogP contribution in [0.4, 0.5) is 0 Å². The Hall–Kier alpha value is -1.71. The number of ether oxygens (including phenoxy) is 2. The van der Waals surface area contributed by atoms with E-state index < -0.39 is 5.97 Å². The Morgan fingerprint density at radius 1 is 1.06 bits per heavy atom. The number of benzene rings is 1. The van der Waals surface area contributed by atoms with E-state index in [2.05, 4.69) is 6.92 Å². The van der Waals surface area contributed by atoms with E-state index in [0.717, 1.165) is 30.9 Å². The summed E-state index contributed by atoms with van der Waals surface area (Å²) in [5.74, 6) is 0.872. The predicted octanol–water partition coefficient (Wildman–Crippen LogP) is 3.11. The second-order valence-corrected chi connectivity index (χ2v) is 4.02. The molecule has 1 aromatic rings. The Morgan fingerprint density at radius 3 is 2.11 bits per heavy atom. The summed E-state index contributed by atoms with van der Waals surface area (Å²) < 4.78 is 11.0. The standard InChI is InChI=1S/C14H20O4/c1-2-10-17-12-6-8-13(9-7-12)18-11-4-3-5-14(15)16/h6-9H,2-5,10-11H2,1H3,(H,15,16). The maximum absolute atomic E-state index is 10.3. The van der Waals surface area contributed by atoms with E-state index >= 15 is 0 Å². The third-order valence-corrected chi connectivity index (χ3v) is 2.35. The molecule has 0 aliphatic carbocycles. The highest BCUT2D eigenvalue weighted by Crippen LogP contribution is 2.18.